The Labute approximate surface area is 139 Å². The standard InChI is InChI=1S/C17H18ClN3O2/c1-10-15(17(23)20-14-6-5-11(7-14)9-22)21-16(19-10)12-3-2-4-13(18)8-12/h2-6,8,11,14,22H,7,9H2,1H3,(H,19,21)(H,20,23)/t11-,14+/m0/s1. The van der Waals surface area contributed by atoms with Crippen LogP contribution >= 0.6 is 11.6 Å². The highest BCUT2D eigenvalue weighted by Gasteiger charge is 2.22. The summed E-state index contributed by atoms with van der Waals surface area (Å²) in [4.78, 5) is 19.9. The molecule has 1 aromatic carbocycles. The highest BCUT2D eigenvalue weighted by atomic mass is 35.5. The van der Waals surface area contributed by atoms with E-state index in [0.717, 1.165) is 5.56 Å². The average molecular weight is 332 g/mol. The van der Waals surface area contributed by atoms with Crippen LogP contribution in [0, 0.1) is 12.8 Å². The predicted octanol–water partition coefficient (Wildman–Crippen LogP) is 2.71. The Kier molecular flexibility index (Phi) is 4.50. The molecule has 0 fully saturated rings. The molecule has 0 saturated carbocycles. The van der Waals surface area contributed by atoms with Gasteiger partial charge in [0.15, 0.2) is 0 Å². The van der Waals surface area contributed by atoms with E-state index in [1.807, 2.05) is 31.2 Å². The van der Waals surface area contributed by atoms with Crippen LogP contribution in [-0.2, 0) is 0 Å². The number of hydrogen-bond donors (Lipinski definition) is 3. The maximum absolute atomic E-state index is 12.4. The number of amides is 1. The van der Waals surface area contributed by atoms with Crippen molar-refractivity contribution in [1.29, 1.82) is 0 Å². The lowest BCUT2D eigenvalue weighted by molar-refractivity contribution is 0.0936. The number of aromatic nitrogens is 2. The number of benzene rings is 1. The number of halogens is 1. The van der Waals surface area contributed by atoms with E-state index in [4.69, 9.17) is 16.7 Å². The number of carbonyl (C=O) groups excluding carboxylic acids is 1. The molecule has 0 spiro atoms. The minimum absolute atomic E-state index is 0.0645. The molecule has 5 nitrogen and oxygen atoms in total. The van der Waals surface area contributed by atoms with E-state index in [9.17, 15) is 4.79 Å². The number of H-pyrrole nitrogens is 1. The molecule has 1 aromatic heterocycles. The Hall–Kier alpha value is -2.11. The van der Waals surface area contributed by atoms with Crippen LogP contribution in [0.5, 0.6) is 0 Å². The van der Waals surface area contributed by atoms with Crippen molar-refractivity contribution in [2.24, 2.45) is 5.92 Å². The van der Waals surface area contributed by atoms with Crippen LogP contribution in [0.1, 0.15) is 22.6 Å². The molecule has 23 heavy (non-hydrogen) atoms. The Morgan fingerprint density at radius 1 is 1.48 bits per heavy atom. The third-order valence-corrected chi connectivity index (χ3v) is 4.16. The summed E-state index contributed by atoms with van der Waals surface area (Å²) in [7, 11) is 0. The smallest absolute Gasteiger partial charge is 0.272 e. The van der Waals surface area contributed by atoms with Crippen LogP contribution < -0.4 is 5.32 Å². The highest BCUT2D eigenvalue weighted by molar-refractivity contribution is 6.30. The van der Waals surface area contributed by atoms with Gasteiger partial charge in [-0.05, 0) is 25.5 Å². The Balaban J connectivity index is 1.76. The van der Waals surface area contributed by atoms with E-state index in [1.54, 1.807) is 12.1 Å². The van der Waals surface area contributed by atoms with Gasteiger partial charge in [-0.1, -0.05) is 35.9 Å². The summed E-state index contributed by atoms with van der Waals surface area (Å²) in [5.74, 6) is 0.508. The van der Waals surface area contributed by atoms with Gasteiger partial charge in [-0.15, -0.1) is 0 Å². The molecule has 3 N–H and O–H groups in total. The summed E-state index contributed by atoms with van der Waals surface area (Å²) in [5.41, 5.74) is 1.92. The summed E-state index contributed by atoms with van der Waals surface area (Å²) in [5, 5.41) is 12.7. The Morgan fingerprint density at radius 3 is 3.00 bits per heavy atom. The summed E-state index contributed by atoms with van der Waals surface area (Å²) in [6.45, 7) is 1.92. The molecule has 6 heteroatoms. The lowest BCUT2D eigenvalue weighted by atomic mass is 10.1. The average Bonchev–Trinajstić information content (AvgIpc) is 3.13. The number of aryl methyl sites for hydroxylation is 1. The Morgan fingerprint density at radius 2 is 2.30 bits per heavy atom. The summed E-state index contributed by atoms with van der Waals surface area (Å²) >= 11 is 6.00. The zero-order chi connectivity index (χ0) is 16.4. The molecule has 0 radical (unpaired) electrons. The first kappa shape index (κ1) is 15.8. The summed E-state index contributed by atoms with van der Waals surface area (Å²) in [6.07, 6.45) is 4.56. The minimum atomic E-state index is -0.222. The van der Waals surface area contributed by atoms with Gasteiger partial charge < -0.3 is 15.4 Å². The van der Waals surface area contributed by atoms with E-state index in [-0.39, 0.29) is 24.5 Å². The molecule has 1 aliphatic carbocycles. The van der Waals surface area contributed by atoms with Gasteiger partial charge in [0.25, 0.3) is 5.91 Å². The zero-order valence-corrected chi connectivity index (χ0v) is 13.5. The monoisotopic (exact) mass is 331 g/mol. The molecule has 3 rings (SSSR count). The number of aliphatic hydroxyl groups is 1. The quantitative estimate of drug-likeness (QED) is 0.754. The molecular formula is C17H18ClN3O2. The summed E-state index contributed by atoms with van der Waals surface area (Å²) < 4.78 is 0. The third-order valence-electron chi connectivity index (χ3n) is 3.92. The van der Waals surface area contributed by atoms with Gasteiger partial charge in [0.1, 0.15) is 11.5 Å². The molecule has 120 valence electrons. The lowest BCUT2D eigenvalue weighted by Gasteiger charge is -2.11. The zero-order valence-electron chi connectivity index (χ0n) is 12.7. The molecule has 1 amide bonds. The van der Waals surface area contributed by atoms with Gasteiger partial charge in [-0.25, -0.2) is 4.98 Å². The van der Waals surface area contributed by atoms with E-state index in [0.29, 0.717) is 28.7 Å². The van der Waals surface area contributed by atoms with Crippen molar-refractivity contribution >= 4 is 17.5 Å². The van der Waals surface area contributed by atoms with Gasteiger partial charge >= 0.3 is 0 Å². The van der Waals surface area contributed by atoms with Crippen LogP contribution in [0.15, 0.2) is 36.4 Å². The topological polar surface area (TPSA) is 78.0 Å². The van der Waals surface area contributed by atoms with Crippen LogP contribution in [0.4, 0.5) is 0 Å². The largest absolute Gasteiger partial charge is 0.396 e. The number of nitrogens with zero attached hydrogens (tertiary/aromatic N) is 1. The van der Waals surface area contributed by atoms with Crippen molar-refractivity contribution in [3.05, 3.63) is 52.8 Å². The fourth-order valence-corrected chi connectivity index (χ4v) is 2.90. The second-order valence-electron chi connectivity index (χ2n) is 5.71. The predicted molar refractivity (Wildman–Crippen MR) is 89.4 cm³/mol. The number of imidazole rings is 1. The fourth-order valence-electron chi connectivity index (χ4n) is 2.71. The van der Waals surface area contributed by atoms with Gasteiger partial charge in [0, 0.05) is 34.8 Å². The molecule has 0 unspecified atom stereocenters. The molecule has 1 heterocycles. The number of nitrogens with one attached hydrogen (secondary N) is 2. The highest BCUT2D eigenvalue weighted by Crippen LogP contribution is 2.22. The van der Waals surface area contributed by atoms with Gasteiger partial charge in [0.05, 0.1) is 0 Å². The van der Waals surface area contributed by atoms with E-state index < -0.39 is 0 Å². The molecule has 2 aromatic rings. The first-order chi connectivity index (χ1) is 11.1. The second kappa shape index (κ2) is 6.56. The van der Waals surface area contributed by atoms with Crippen LogP contribution in [0.2, 0.25) is 5.02 Å². The number of rotatable bonds is 4. The fraction of sp³-hybridized carbons (Fsp3) is 0.294. The van der Waals surface area contributed by atoms with Crippen LogP contribution in [-0.4, -0.2) is 33.6 Å². The molecule has 0 aliphatic heterocycles. The van der Waals surface area contributed by atoms with Crippen LogP contribution in [0.25, 0.3) is 11.4 Å². The SMILES string of the molecule is Cc1[nH]c(-c2cccc(Cl)c2)nc1C(=O)N[C@@H]1C=C[C@H](CO)C1. The summed E-state index contributed by atoms with van der Waals surface area (Å²) in [6, 6.07) is 7.25. The number of carbonyl (C=O) groups is 1. The number of hydrogen-bond acceptors (Lipinski definition) is 3. The van der Waals surface area contributed by atoms with Crippen LogP contribution in [0.3, 0.4) is 0 Å². The lowest BCUT2D eigenvalue weighted by Crippen LogP contribution is -2.33. The number of aromatic amines is 1. The van der Waals surface area contributed by atoms with Crippen molar-refractivity contribution in [2.45, 2.75) is 19.4 Å². The van der Waals surface area contributed by atoms with E-state index >= 15 is 0 Å². The molecule has 1 aliphatic rings. The van der Waals surface area contributed by atoms with Crippen molar-refractivity contribution in [2.75, 3.05) is 6.61 Å². The van der Waals surface area contributed by atoms with E-state index in [2.05, 4.69) is 15.3 Å². The number of aliphatic hydroxyl groups excluding tert-OH is 1. The normalized spacial score (nSPS) is 20.0. The molecule has 0 bridgehead atoms. The van der Waals surface area contributed by atoms with Crippen molar-refractivity contribution in [1.82, 2.24) is 15.3 Å². The first-order valence-corrected chi connectivity index (χ1v) is 7.87. The molecular weight excluding hydrogens is 314 g/mol. The van der Waals surface area contributed by atoms with Crippen molar-refractivity contribution in [3.63, 3.8) is 0 Å². The first-order valence-electron chi connectivity index (χ1n) is 7.49. The third kappa shape index (κ3) is 3.46. The maximum Gasteiger partial charge on any atom is 0.272 e. The maximum atomic E-state index is 12.4. The van der Waals surface area contributed by atoms with Gasteiger partial charge in [0.2, 0.25) is 0 Å². The minimum Gasteiger partial charge on any atom is -0.396 e. The molecule has 0 saturated heterocycles. The second-order valence-corrected chi connectivity index (χ2v) is 6.15. The van der Waals surface area contributed by atoms with Crippen molar-refractivity contribution < 1.29 is 9.90 Å². The molecule has 2 atom stereocenters. The van der Waals surface area contributed by atoms with Crippen molar-refractivity contribution in [3.8, 4) is 11.4 Å². The van der Waals surface area contributed by atoms with E-state index in [1.165, 1.54) is 0 Å². The Bertz CT molecular complexity index is 754. The van der Waals surface area contributed by atoms with Gasteiger partial charge in [-0.3, -0.25) is 4.79 Å². The van der Waals surface area contributed by atoms with Gasteiger partial charge in [-0.2, -0.15) is 0 Å².